The van der Waals surface area contributed by atoms with E-state index in [2.05, 4.69) is 23.1 Å². The van der Waals surface area contributed by atoms with Crippen molar-refractivity contribution in [3.63, 3.8) is 0 Å². The van der Waals surface area contributed by atoms with Crippen molar-refractivity contribution in [2.45, 2.75) is 45.7 Å². The highest BCUT2D eigenvalue weighted by Gasteiger charge is 2.29. The van der Waals surface area contributed by atoms with Gasteiger partial charge in [-0.2, -0.15) is 9.40 Å². The smallest absolute Gasteiger partial charge is 0.243 e. The zero-order valence-electron chi connectivity index (χ0n) is 16.1. The van der Waals surface area contributed by atoms with Crippen LogP contribution >= 0.6 is 0 Å². The van der Waals surface area contributed by atoms with Crippen molar-refractivity contribution in [3.05, 3.63) is 46.8 Å². The maximum absolute atomic E-state index is 12.9. The fourth-order valence-corrected chi connectivity index (χ4v) is 4.78. The van der Waals surface area contributed by atoms with Gasteiger partial charge in [-0.05, 0) is 51.0 Å². The normalized spacial score (nSPS) is 16.9. The predicted octanol–water partition coefficient (Wildman–Crippen LogP) is 2.33. The Morgan fingerprint density at radius 1 is 1.04 bits per heavy atom. The molecule has 0 radical (unpaired) electrons. The Kier molecular flexibility index (Phi) is 5.50. The van der Waals surface area contributed by atoms with Gasteiger partial charge in [-0.25, -0.2) is 8.42 Å². The fourth-order valence-electron chi connectivity index (χ4n) is 3.27. The number of aryl methyl sites for hydroxylation is 4. The highest BCUT2D eigenvalue weighted by molar-refractivity contribution is 7.89. The van der Waals surface area contributed by atoms with E-state index in [4.69, 9.17) is 0 Å². The first-order valence-electron chi connectivity index (χ1n) is 9.14. The van der Waals surface area contributed by atoms with E-state index in [9.17, 15) is 8.42 Å². The summed E-state index contributed by atoms with van der Waals surface area (Å²) in [5.74, 6) is 0. The topological polar surface area (TPSA) is 58.4 Å². The van der Waals surface area contributed by atoms with Crippen LogP contribution in [0.2, 0.25) is 0 Å². The van der Waals surface area contributed by atoms with Crippen LogP contribution in [0, 0.1) is 20.8 Å². The van der Waals surface area contributed by atoms with Gasteiger partial charge in [-0.15, -0.1) is 0 Å². The molecule has 0 atom stereocenters. The number of piperazine rings is 1. The third-order valence-corrected chi connectivity index (χ3v) is 7.11. The number of rotatable bonds is 5. The Hall–Kier alpha value is -1.70. The third kappa shape index (κ3) is 3.84. The summed E-state index contributed by atoms with van der Waals surface area (Å²) in [5.41, 5.74) is 4.39. The minimum atomic E-state index is -3.42. The van der Waals surface area contributed by atoms with Crippen LogP contribution in [0.3, 0.4) is 0 Å². The summed E-state index contributed by atoms with van der Waals surface area (Å²) in [7, 11) is -3.42. The molecule has 0 bridgehead atoms. The molecule has 6 nitrogen and oxygen atoms in total. The molecule has 1 aliphatic rings. The van der Waals surface area contributed by atoms with Gasteiger partial charge in [0, 0.05) is 51.0 Å². The van der Waals surface area contributed by atoms with Gasteiger partial charge in [0.15, 0.2) is 0 Å². The molecule has 7 heteroatoms. The van der Waals surface area contributed by atoms with Crippen molar-refractivity contribution in [2.24, 2.45) is 0 Å². The lowest BCUT2D eigenvalue weighted by Crippen LogP contribution is -2.48. The second kappa shape index (κ2) is 7.50. The first kappa shape index (κ1) is 19.1. The lowest BCUT2D eigenvalue weighted by Gasteiger charge is -2.34. The summed E-state index contributed by atoms with van der Waals surface area (Å²) in [4.78, 5) is 2.70. The molecule has 1 aromatic heterocycles. The maximum Gasteiger partial charge on any atom is 0.243 e. The molecule has 2 heterocycles. The van der Waals surface area contributed by atoms with Gasteiger partial charge >= 0.3 is 0 Å². The number of aromatic nitrogens is 2. The zero-order chi connectivity index (χ0) is 18.9. The van der Waals surface area contributed by atoms with Crippen LogP contribution in [-0.4, -0.2) is 53.6 Å². The summed E-state index contributed by atoms with van der Waals surface area (Å²) in [6.45, 7) is 12.3. The summed E-state index contributed by atoms with van der Waals surface area (Å²) >= 11 is 0. The molecule has 1 aromatic carbocycles. The van der Waals surface area contributed by atoms with E-state index >= 15 is 0 Å². The first-order valence-corrected chi connectivity index (χ1v) is 10.6. The van der Waals surface area contributed by atoms with Crippen LogP contribution in [0.5, 0.6) is 0 Å². The molecule has 0 spiro atoms. The molecule has 0 amide bonds. The maximum atomic E-state index is 12.9. The Labute approximate surface area is 156 Å². The quantitative estimate of drug-likeness (QED) is 0.804. The first-order chi connectivity index (χ1) is 12.3. The molecule has 0 aliphatic carbocycles. The van der Waals surface area contributed by atoms with E-state index in [-0.39, 0.29) is 0 Å². The van der Waals surface area contributed by atoms with Crippen molar-refractivity contribution < 1.29 is 8.42 Å². The number of hydrogen-bond acceptors (Lipinski definition) is 4. The molecule has 0 saturated carbocycles. The number of nitrogens with zero attached hydrogens (tertiary/aromatic N) is 4. The number of hydrogen-bond donors (Lipinski definition) is 0. The summed E-state index contributed by atoms with van der Waals surface area (Å²) < 4.78 is 29.4. The SMILES string of the molecule is CCn1cc(CN2CCN(S(=O)(=O)c3ccc(C)c(C)c3)CC2)c(C)n1. The molecule has 142 valence electrons. The van der Waals surface area contributed by atoms with Gasteiger partial charge in [0.2, 0.25) is 10.0 Å². The van der Waals surface area contributed by atoms with E-state index < -0.39 is 10.0 Å². The van der Waals surface area contributed by atoms with Gasteiger partial charge in [0.1, 0.15) is 0 Å². The Bertz CT molecular complexity index is 881. The molecule has 1 saturated heterocycles. The van der Waals surface area contributed by atoms with Crippen molar-refractivity contribution in [1.82, 2.24) is 19.0 Å². The van der Waals surface area contributed by atoms with Crippen molar-refractivity contribution >= 4 is 10.0 Å². The van der Waals surface area contributed by atoms with E-state index in [1.54, 1.807) is 16.4 Å². The van der Waals surface area contributed by atoms with Crippen LogP contribution < -0.4 is 0 Å². The van der Waals surface area contributed by atoms with Gasteiger partial charge in [0.25, 0.3) is 0 Å². The lowest BCUT2D eigenvalue weighted by molar-refractivity contribution is 0.181. The van der Waals surface area contributed by atoms with E-state index in [1.165, 1.54) is 5.56 Å². The average Bonchev–Trinajstić information content (AvgIpc) is 2.97. The minimum absolute atomic E-state index is 0.397. The van der Waals surface area contributed by atoms with Crippen molar-refractivity contribution in [1.29, 1.82) is 0 Å². The predicted molar refractivity (Wildman–Crippen MR) is 103 cm³/mol. The van der Waals surface area contributed by atoms with E-state index in [0.717, 1.165) is 43.0 Å². The minimum Gasteiger partial charge on any atom is -0.296 e. The van der Waals surface area contributed by atoms with Gasteiger partial charge in [0.05, 0.1) is 10.6 Å². The average molecular weight is 377 g/mol. The van der Waals surface area contributed by atoms with Gasteiger partial charge < -0.3 is 0 Å². The number of benzene rings is 1. The third-order valence-electron chi connectivity index (χ3n) is 5.21. The molecular weight excluding hydrogens is 348 g/mol. The Balaban J connectivity index is 1.65. The highest BCUT2D eigenvalue weighted by Crippen LogP contribution is 2.21. The van der Waals surface area contributed by atoms with Crippen LogP contribution in [-0.2, 0) is 23.1 Å². The lowest BCUT2D eigenvalue weighted by atomic mass is 10.1. The summed E-state index contributed by atoms with van der Waals surface area (Å²) in [6.07, 6.45) is 2.09. The van der Waals surface area contributed by atoms with Gasteiger partial charge in [-0.3, -0.25) is 9.58 Å². The molecule has 3 rings (SSSR count). The molecule has 0 N–H and O–H groups in total. The largest absolute Gasteiger partial charge is 0.296 e. The second-order valence-corrected chi connectivity index (χ2v) is 8.96. The Morgan fingerprint density at radius 2 is 1.73 bits per heavy atom. The van der Waals surface area contributed by atoms with Crippen LogP contribution in [0.25, 0.3) is 0 Å². The monoisotopic (exact) mass is 376 g/mol. The molecule has 26 heavy (non-hydrogen) atoms. The van der Waals surface area contributed by atoms with E-state index in [1.807, 2.05) is 31.5 Å². The van der Waals surface area contributed by atoms with Crippen molar-refractivity contribution in [2.75, 3.05) is 26.2 Å². The molecule has 2 aromatic rings. The second-order valence-electron chi connectivity index (χ2n) is 7.02. The summed E-state index contributed by atoms with van der Waals surface area (Å²) in [5, 5.41) is 4.49. The van der Waals surface area contributed by atoms with Gasteiger partial charge in [-0.1, -0.05) is 6.07 Å². The zero-order valence-corrected chi connectivity index (χ0v) is 16.9. The van der Waals surface area contributed by atoms with Crippen LogP contribution in [0.4, 0.5) is 0 Å². The van der Waals surface area contributed by atoms with Crippen LogP contribution in [0.15, 0.2) is 29.3 Å². The fraction of sp³-hybridized carbons (Fsp3) is 0.526. The molecular formula is C19H28N4O2S. The van der Waals surface area contributed by atoms with Crippen LogP contribution in [0.1, 0.15) is 29.3 Å². The molecule has 1 fully saturated rings. The van der Waals surface area contributed by atoms with E-state index in [0.29, 0.717) is 18.0 Å². The standard InChI is InChI=1S/C19H28N4O2S/c1-5-22-14-18(17(4)20-22)13-21-8-10-23(11-9-21)26(24,25)19-7-6-15(2)16(3)12-19/h6-7,12,14H,5,8-11,13H2,1-4H3. The van der Waals surface area contributed by atoms with Crippen molar-refractivity contribution in [3.8, 4) is 0 Å². The Morgan fingerprint density at radius 3 is 2.31 bits per heavy atom. The summed E-state index contributed by atoms with van der Waals surface area (Å²) in [6, 6.07) is 5.37. The molecule has 1 aliphatic heterocycles. The number of sulfonamides is 1. The molecule has 0 unspecified atom stereocenters. The highest BCUT2D eigenvalue weighted by atomic mass is 32.2.